The van der Waals surface area contributed by atoms with Crippen LogP contribution in [-0.2, 0) is 9.53 Å². The fraction of sp³-hybridized carbons (Fsp3) is 0.588. The second-order valence-electron chi connectivity index (χ2n) is 6.15. The molecule has 1 N–H and O–H groups in total. The SMILES string of the molecule is Cl.O=C(CC1CCNCC1)N1CCOC(c2ccc(F)cc2)C1. The number of halogens is 2. The Labute approximate surface area is 142 Å². The average molecular weight is 343 g/mol. The van der Waals surface area contributed by atoms with Gasteiger partial charge in [0.15, 0.2) is 0 Å². The van der Waals surface area contributed by atoms with E-state index in [1.54, 1.807) is 12.1 Å². The lowest BCUT2D eigenvalue weighted by molar-refractivity contribution is -0.140. The maximum absolute atomic E-state index is 13.0. The van der Waals surface area contributed by atoms with Crippen molar-refractivity contribution >= 4 is 18.3 Å². The van der Waals surface area contributed by atoms with Gasteiger partial charge in [0, 0.05) is 13.0 Å². The van der Waals surface area contributed by atoms with E-state index in [1.807, 2.05) is 4.90 Å². The first kappa shape index (κ1) is 18.2. The topological polar surface area (TPSA) is 41.6 Å². The van der Waals surface area contributed by atoms with E-state index < -0.39 is 0 Å². The van der Waals surface area contributed by atoms with E-state index in [0.717, 1.165) is 31.5 Å². The molecule has 0 radical (unpaired) electrons. The van der Waals surface area contributed by atoms with Gasteiger partial charge in [0.25, 0.3) is 0 Å². The van der Waals surface area contributed by atoms with Crippen molar-refractivity contribution in [2.75, 3.05) is 32.8 Å². The van der Waals surface area contributed by atoms with Crippen LogP contribution in [0, 0.1) is 11.7 Å². The molecule has 0 aromatic heterocycles. The van der Waals surface area contributed by atoms with Crippen LogP contribution in [0.25, 0.3) is 0 Å². The van der Waals surface area contributed by atoms with Crippen molar-refractivity contribution in [1.29, 1.82) is 0 Å². The van der Waals surface area contributed by atoms with Crippen LogP contribution >= 0.6 is 12.4 Å². The third-order valence-corrected chi connectivity index (χ3v) is 4.58. The number of carbonyl (C=O) groups excluding carboxylic acids is 1. The van der Waals surface area contributed by atoms with Crippen LogP contribution in [0.15, 0.2) is 24.3 Å². The van der Waals surface area contributed by atoms with Crippen LogP contribution in [0.5, 0.6) is 0 Å². The Morgan fingerprint density at radius 3 is 2.65 bits per heavy atom. The highest BCUT2D eigenvalue weighted by atomic mass is 35.5. The molecule has 128 valence electrons. The number of amides is 1. The zero-order chi connectivity index (χ0) is 15.4. The smallest absolute Gasteiger partial charge is 0.223 e. The van der Waals surface area contributed by atoms with E-state index >= 15 is 0 Å². The van der Waals surface area contributed by atoms with Crippen LogP contribution in [0.3, 0.4) is 0 Å². The molecule has 1 unspecified atom stereocenters. The molecule has 6 heteroatoms. The largest absolute Gasteiger partial charge is 0.370 e. The summed E-state index contributed by atoms with van der Waals surface area (Å²) < 4.78 is 18.8. The minimum Gasteiger partial charge on any atom is -0.370 e. The fourth-order valence-electron chi connectivity index (χ4n) is 3.22. The van der Waals surface area contributed by atoms with Crippen molar-refractivity contribution in [3.63, 3.8) is 0 Å². The normalized spacial score (nSPS) is 22.5. The Kier molecular flexibility index (Phi) is 6.81. The highest BCUT2D eigenvalue weighted by Crippen LogP contribution is 2.24. The van der Waals surface area contributed by atoms with Crippen molar-refractivity contribution < 1.29 is 13.9 Å². The summed E-state index contributed by atoms with van der Waals surface area (Å²) in [6, 6.07) is 6.35. The molecule has 1 aromatic rings. The van der Waals surface area contributed by atoms with Gasteiger partial charge >= 0.3 is 0 Å². The number of hydrogen-bond acceptors (Lipinski definition) is 3. The van der Waals surface area contributed by atoms with Gasteiger partial charge in [-0.3, -0.25) is 4.79 Å². The van der Waals surface area contributed by atoms with Gasteiger partial charge < -0.3 is 15.0 Å². The van der Waals surface area contributed by atoms with Gasteiger partial charge in [-0.15, -0.1) is 12.4 Å². The highest BCUT2D eigenvalue weighted by molar-refractivity contribution is 5.85. The van der Waals surface area contributed by atoms with Crippen LogP contribution in [0.1, 0.15) is 30.9 Å². The third-order valence-electron chi connectivity index (χ3n) is 4.58. The number of nitrogens with one attached hydrogen (secondary N) is 1. The molecule has 1 amide bonds. The van der Waals surface area contributed by atoms with Crippen molar-refractivity contribution in [3.05, 3.63) is 35.6 Å². The van der Waals surface area contributed by atoms with Crippen molar-refractivity contribution in [2.45, 2.75) is 25.4 Å². The van der Waals surface area contributed by atoms with Gasteiger partial charge in [-0.25, -0.2) is 4.39 Å². The molecular weight excluding hydrogens is 319 g/mol. The zero-order valence-electron chi connectivity index (χ0n) is 13.2. The Morgan fingerprint density at radius 1 is 1.26 bits per heavy atom. The standard InChI is InChI=1S/C17H23FN2O2.ClH/c18-15-3-1-14(2-4-15)16-12-20(9-10-22-16)17(21)11-13-5-7-19-8-6-13;/h1-4,13,16,19H,5-12H2;1H. The Hall–Kier alpha value is -1.17. The maximum atomic E-state index is 13.0. The summed E-state index contributed by atoms with van der Waals surface area (Å²) in [7, 11) is 0. The molecule has 0 saturated carbocycles. The van der Waals surface area contributed by atoms with Crippen molar-refractivity contribution in [2.24, 2.45) is 5.92 Å². The molecule has 1 atom stereocenters. The van der Waals surface area contributed by atoms with Crippen LogP contribution in [-0.4, -0.2) is 43.6 Å². The molecule has 0 spiro atoms. The van der Waals surface area contributed by atoms with Gasteiger partial charge in [0.1, 0.15) is 11.9 Å². The first-order valence-electron chi connectivity index (χ1n) is 8.08. The predicted octanol–water partition coefficient (Wildman–Crippen LogP) is 2.54. The number of ether oxygens (including phenoxy) is 1. The minimum atomic E-state index is -0.251. The number of morpholine rings is 1. The van der Waals surface area contributed by atoms with E-state index in [1.165, 1.54) is 12.1 Å². The summed E-state index contributed by atoms with van der Waals surface area (Å²) >= 11 is 0. The molecule has 4 nitrogen and oxygen atoms in total. The molecular formula is C17H24ClFN2O2. The lowest BCUT2D eigenvalue weighted by Crippen LogP contribution is -2.43. The van der Waals surface area contributed by atoms with E-state index in [9.17, 15) is 9.18 Å². The van der Waals surface area contributed by atoms with E-state index in [2.05, 4.69) is 5.32 Å². The summed E-state index contributed by atoms with van der Waals surface area (Å²) in [5, 5.41) is 3.33. The molecule has 2 aliphatic rings. The van der Waals surface area contributed by atoms with Crippen LogP contribution < -0.4 is 5.32 Å². The lowest BCUT2D eigenvalue weighted by atomic mass is 9.94. The predicted molar refractivity (Wildman–Crippen MR) is 89.1 cm³/mol. The zero-order valence-corrected chi connectivity index (χ0v) is 14.0. The monoisotopic (exact) mass is 342 g/mol. The number of piperidine rings is 1. The van der Waals surface area contributed by atoms with E-state index in [-0.39, 0.29) is 30.2 Å². The van der Waals surface area contributed by atoms with Crippen LogP contribution in [0.2, 0.25) is 0 Å². The lowest BCUT2D eigenvalue weighted by Gasteiger charge is -2.34. The van der Waals surface area contributed by atoms with Gasteiger partial charge in [0.2, 0.25) is 5.91 Å². The third kappa shape index (κ3) is 4.90. The summed E-state index contributed by atoms with van der Waals surface area (Å²) in [4.78, 5) is 14.4. The highest BCUT2D eigenvalue weighted by Gasteiger charge is 2.27. The summed E-state index contributed by atoms with van der Waals surface area (Å²) in [6.07, 6.45) is 2.65. The average Bonchev–Trinajstić information content (AvgIpc) is 2.56. The maximum Gasteiger partial charge on any atom is 0.223 e. The Bertz CT molecular complexity index is 506. The first-order chi connectivity index (χ1) is 10.7. The molecule has 0 aliphatic carbocycles. The number of nitrogens with zero attached hydrogens (tertiary/aromatic N) is 1. The van der Waals surface area contributed by atoms with Crippen molar-refractivity contribution in [3.8, 4) is 0 Å². The number of carbonyl (C=O) groups is 1. The minimum absolute atomic E-state index is 0. The van der Waals surface area contributed by atoms with Gasteiger partial charge in [-0.05, 0) is 49.5 Å². The van der Waals surface area contributed by atoms with E-state index in [4.69, 9.17) is 4.74 Å². The molecule has 1 aromatic carbocycles. The summed E-state index contributed by atoms with van der Waals surface area (Å²) in [5.74, 6) is 0.474. The Morgan fingerprint density at radius 2 is 1.96 bits per heavy atom. The molecule has 3 rings (SSSR count). The second-order valence-corrected chi connectivity index (χ2v) is 6.15. The summed E-state index contributed by atoms with van der Waals surface area (Å²) in [6.45, 7) is 3.79. The molecule has 2 heterocycles. The number of rotatable bonds is 3. The molecule has 2 saturated heterocycles. The van der Waals surface area contributed by atoms with E-state index in [0.29, 0.717) is 32.0 Å². The number of benzene rings is 1. The summed E-state index contributed by atoms with van der Waals surface area (Å²) in [5.41, 5.74) is 0.931. The Balaban J connectivity index is 0.00000192. The van der Waals surface area contributed by atoms with Crippen molar-refractivity contribution in [1.82, 2.24) is 10.2 Å². The van der Waals surface area contributed by atoms with Gasteiger partial charge in [-0.2, -0.15) is 0 Å². The fourth-order valence-corrected chi connectivity index (χ4v) is 3.22. The first-order valence-corrected chi connectivity index (χ1v) is 8.08. The van der Waals surface area contributed by atoms with Gasteiger partial charge in [-0.1, -0.05) is 12.1 Å². The molecule has 2 aliphatic heterocycles. The number of hydrogen-bond donors (Lipinski definition) is 1. The molecule has 2 fully saturated rings. The van der Waals surface area contributed by atoms with Gasteiger partial charge in [0.05, 0.1) is 13.2 Å². The van der Waals surface area contributed by atoms with Crippen LogP contribution in [0.4, 0.5) is 4.39 Å². The molecule has 0 bridgehead atoms. The molecule has 23 heavy (non-hydrogen) atoms. The quantitative estimate of drug-likeness (QED) is 0.917. The second kappa shape index (κ2) is 8.62.